The lowest BCUT2D eigenvalue weighted by atomic mass is 10.2. The van der Waals surface area contributed by atoms with E-state index < -0.39 is 0 Å². The topological polar surface area (TPSA) is 76.4 Å². The number of fused-ring (bicyclic) bond motifs is 1. The van der Waals surface area contributed by atoms with Crippen molar-refractivity contribution in [1.29, 1.82) is 0 Å². The molecule has 1 aromatic heterocycles. The maximum absolute atomic E-state index is 5.01. The molecule has 1 aliphatic heterocycles. The molecule has 1 aliphatic rings. The molecule has 0 saturated heterocycles. The summed E-state index contributed by atoms with van der Waals surface area (Å²) in [7, 11) is 3.47. The van der Waals surface area contributed by atoms with Crippen LogP contribution in [-0.4, -0.2) is 54.6 Å². The second-order valence-corrected chi connectivity index (χ2v) is 5.52. The van der Waals surface area contributed by atoms with Gasteiger partial charge in [-0.15, -0.1) is 34.2 Å². The van der Waals surface area contributed by atoms with Crippen molar-refractivity contribution in [3.05, 3.63) is 11.6 Å². The number of aryl methyl sites for hydroxylation is 2. The smallest absolute Gasteiger partial charge is 0.191 e. The fourth-order valence-electron chi connectivity index (χ4n) is 2.68. The highest BCUT2D eigenvalue weighted by molar-refractivity contribution is 14.0. The molecule has 0 fully saturated rings. The van der Waals surface area contributed by atoms with Gasteiger partial charge in [0.15, 0.2) is 5.96 Å². The first kappa shape index (κ1) is 20.1. The third-order valence-electron chi connectivity index (χ3n) is 3.88. The van der Waals surface area contributed by atoms with Crippen LogP contribution in [0.5, 0.6) is 0 Å². The monoisotopic (exact) mass is 436 g/mol. The van der Waals surface area contributed by atoms with Crippen LogP contribution in [0.3, 0.4) is 0 Å². The van der Waals surface area contributed by atoms with E-state index in [0.717, 1.165) is 56.5 Å². The Hall–Kier alpha value is -0.900. The van der Waals surface area contributed by atoms with Gasteiger partial charge in [-0.1, -0.05) is 6.42 Å². The van der Waals surface area contributed by atoms with E-state index >= 15 is 0 Å². The fraction of sp³-hybridized carbons (Fsp3) is 0.800. The van der Waals surface area contributed by atoms with Crippen LogP contribution < -0.4 is 10.6 Å². The molecule has 0 aromatic carbocycles. The molecule has 1 aromatic rings. The van der Waals surface area contributed by atoms with Gasteiger partial charge in [0.05, 0.1) is 6.61 Å². The number of halogens is 1. The summed E-state index contributed by atoms with van der Waals surface area (Å²) in [6, 6.07) is 0. The van der Waals surface area contributed by atoms with E-state index in [1.54, 1.807) is 14.2 Å². The van der Waals surface area contributed by atoms with Crippen LogP contribution in [0.2, 0.25) is 0 Å². The van der Waals surface area contributed by atoms with Crippen molar-refractivity contribution < 1.29 is 4.74 Å². The highest BCUT2D eigenvalue weighted by Crippen LogP contribution is 2.15. The summed E-state index contributed by atoms with van der Waals surface area (Å²) in [6.45, 7) is 3.38. The number of guanidine groups is 1. The molecule has 23 heavy (non-hydrogen) atoms. The van der Waals surface area contributed by atoms with Crippen molar-refractivity contribution in [2.75, 3.05) is 33.9 Å². The molecule has 7 nitrogen and oxygen atoms in total. The number of nitrogens with one attached hydrogen (secondary N) is 2. The lowest BCUT2D eigenvalue weighted by Gasteiger charge is -2.11. The number of ether oxygens (including phenoxy) is 1. The minimum Gasteiger partial charge on any atom is -0.383 e. The summed E-state index contributed by atoms with van der Waals surface area (Å²) in [4.78, 5) is 4.18. The quantitative estimate of drug-likeness (QED) is 0.292. The van der Waals surface area contributed by atoms with Gasteiger partial charge >= 0.3 is 0 Å². The van der Waals surface area contributed by atoms with E-state index in [9.17, 15) is 0 Å². The summed E-state index contributed by atoms with van der Waals surface area (Å²) in [6.07, 6.45) is 6.82. The van der Waals surface area contributed by atoms with Crippen LogP contribution in [0.15, 0.2) is 4.99 Å². The Kier molecular flexibility index (Phi) is 10.2. The molecule has 0 saturated carbocycles. The van der Waals surface area contributed by atoms with Crippen LogP contribution >= 0.6 is 24.0 Å². The first-order valence-corrected chi connectivity index (χ1v) is 8.19. The van der Waals surface area contributed by atoms with Gasteiger partial charge in [0.1, 0.15) is 11.6 Å². The highest BCUT2D eigenvalue weighted by Gasteiger charge is 2.13. The maximum atomic E-state index is 5.01. The molecule has 8 heteroatoms. The Morgan fingerprint density at radius 1 is 1.22 bits per heavy atom. The maximum Gasteiger partial charge on any atom is 0.191 e. The average Bonchev–Trinajstić information content (AvgIpc) is 2.77. The zero-order valence-corrected chi connectivity index (χ0v) is 16.5. The highest BCUT2D eigenvalue weighted by atomic mass is 127. The first-order valence-electron chi connectivity index (χ1n) is 8.19. The van der Waals surface area contributed by atoms with Crippen molar-refractivity contribution >= 4 is 29.9 Å². The van der Waals surface area contributed by atoms with E-state index in [1.165, 1.54) is 19.3 Å². The van der Waals surface area contributed by atoms with Crippen LogP contribution in [-0.2, 0) is 24.1 Å². The molecule has 0 bridgehead atoms. The van der Waals surface area contributed by atoms with Gasteiger partial charge in [-0.2, -0.15) is 0 Å². The number of rotatable bonds is 7. The predicted octanol–water partition coefficient (Wildman–Crippen LogP) is 1.37. The standard InChI is InChI=1S/C15H28N6O.HI/c1-16-15(18-10-12-22-2)17-9-6-8-14-20-19-13-7-4-3-5-11-21(13)14;/h3-12H2,1-2H3,(H2,16,17,18);1H. The second kappa shape index (κ2) is 11.6. The SMILES string of the molecule is CN=C(NCCCc1nnc2n1CCCCC2)NCCOC.I. The third kappa shape index (κ3) is 6.62. The number of hydrogen-bond donors (Lipinski definition) is 2. The third-order valence-corrected chi connectivity index (χ3v) is 3.88. The summed E-state index contributed by atoms with van der Waals surface area (Å²) >= 11 is 0. The van der Waals surface area contributed by atoms with Crippen LogP contribution in [0.4, 0.5) is 0 Å². The van der Waals surface area contributed by atoms with Crippen molar-refractivity contribution in [2.24, 2.45) is 4.99 Å². The van der Waals surface area contributed by atoms with Crippen molar-refractivity contribution in [3.8, 4) is 0 Å². The Labute approximate surface area is 155 Å². The Bertz CT molecular complexity index is 477. The number of nitrogens with zero attached hydrogens (tertiary/aromatic N) is 4. The molecule has 0 spiro atoms. The van der Waals surface area contributed by atoms with Gasteiger partial charge in [-0.3, -0.25) is 4.99 Å². The zero-order chi connectivity index (χ0) is 15.6. The molecule has 0 radical (unpaired) electrons. The molecule has 0 aliphatic carbocycles. The van der Waals surface area contributed by atoms with Gasteiger partial charge in [0.2, 0.25) is 0 Å². The van der Waals surface area contributed by atoms with Crippen molar-refractivity contribution in [2.45, 2.75) is 45.1 Å². The Balaban J connectivity index is 0.00000264. The van der Waals surface area contributed by atoms with Crippen LogP contribution in [0.25, 0.3) is 0 Å². The Morgan fingerprint density at radius 3 is 2.83 bits per heavy atom. The molecule has 0 unspecified atom stereocenters. The summed E-state index contributed by atoms with van der Waals surface area (Å²) in [5.74, 6) is 3.11. The molecule has 2 heterocycles. The fourth-order valence-corrected chi connectivity index (χ4v) is 2.68. The summed E-state index contributed by atoms with van der Waals surface area (Å²) < 4.78 is 7.33. The first-order chi connectivity index (χ1) is 10.8. The minimum atomic E-state index is 0. The number of aromatic nitrogens is 3. The molecule has 132 valence electrons. The predicted molar refractivity (Wildman–Crippen MR) is 103 cm³/mol. The van der Waals surface area contributed by atoms with E-state index in [4.69, 9.17) is 4.74 Å². The normalized spacial score (nSPS) is 14.6. The molecule has 2 rings (SSSR count). The average molecular weight is 436 g/mol. The van der Waals surface area contributed by atoms with E-state index in [0.29, 0.717) is 6.61 Å². The number of methoxy groups -OCH3 is 1. The van der Waals surface area contributed by atoms with Gasteiger partial charge in [0, 0.05) is 46.6 Å². The van der Waals surface area contributed by atoms with Gasteiger partial charge in [-0.05, 0) is 19.3 Å². The number of aliphatic imine (C=N–C) groups is 1. The van der Waals surface area contributed by atoms with Gasteiger partial charge in [-0.25, -0.2) is 0 Å². The number of hydrogen-bond acceptors (Lipinski definition) is 4. The molecule has 0 atom stereocenters. The molecule has 2 N–H and O–H groups in total. The van der Waals surface area contributed by atoms with Crippen molar-refractivity contribution in [1.82, 2.24) is 25.4 Å². The second-order valence-electron chi connectivity index (χ2n) is 5.52. The van der Waals surface area contributed by atoms with E-state index in [-0.39, 0.29) is 24.0 Å². The summed E-state index contributed by atoms with van der Waals surface area (Å²) in [5, 5.41) is 15.2. The van der Waals surface area contributed by atoms with Crippen LogP contribution in [0.1, 0.15) is 37.3 Å². The van der Waals surface area contributed by atoms with E-state index in [2.05, 4.69) is 30.4 Å². The lowest BCUT2D eigenvalue weighted by Crippen LogP contribution is -2.39. The van der Waals surface area contributed by atoms with Crippen molar-refractivity contribution in [3.63, 3.8) is 0 Å². The van der Waals surface area contributed by atoms with Gasteiger partial charge in [0.25, 0.3) is 0 Å². The molecular formula is C15H29IN6O. The molecule has 0 amide bonds. The zero-order valence-electron chi connectivity index (χ0n) is 14.2. The Morgan fingerprint density at radius 2 is 2.04 bits per heavy atom. The van der Waals surface area contributed by atoms with E-state index in [1.807, 2.05) is 0 Å². The van der Waals surface area contributed by atoms with Crippen LogP contribution in [0, 0.1) is 0 Å². The van der Waals surface area contributed by atoms with Gasteiger partial charge < -0.3 is 19.9 Å². The largest absolute Gasteiger partial charge is 0.383 e. The minimum absolute atomic E-state index is 0. The molecular weight excluding hydrogens is 407 g/mol. The lowest BCUT2D eigenvalue weighted by molar-refractivity contribution is 0.203. The summed E-state index contributed by atoms with van der Waals surface area (Å²) in [5.41, 5.74) is 0.